The van der Waals surface area contributed by atoms with Crippen molar-refractivity contribution in [1.82, 2.24) is 0 Å². The Labute approximate surface area is 110 Å². The van der Waals surface area contributed by atoms with Gasteiger partial charge in [-0.25, -0.2) is 0 Å². The Morgan fingerprint density at radius 2 is 2.18 bits per heavy atom. The maximum Gasteiger partial charge on any atom is 0.230 e. The summed E-state index contributed by atoms with van der Waals surface area (Å²) in [4.78, 5) is 11.8. The molecule has 0 radical (unpaired) electrons. The van der Waals surface area contributed by atoms with Gasteiger partial charge in [0.05, 0.1) is 18.2 Å². The van der Waals surface area contributed by atoms with E-state index in [4.69, 9.17) is 4.74 Å². The van der Waals surface area contributed by atoms with Gasteiger partial charge in [-0.05, 0) is 23.6 Å². The molecule has 3 nitrogen and oxygen atoms in total. The van der Waals surface area contributed by atoms with E-state index in [0.717, 1.165) is 21.5 Å². The smallest absolute Gasteiger partial charge is 0.230 e. The first kappa shape index (κ1) is 12.4. The highest BCUT2D eigenvalue weighted by molar-refractivity contribution is 9.10. The lowest BCUT2D eigenvalue weighted by molar-refractivity contribution is -0.119. The lowest BCUT2D eigenvalue weighted by Gasteiger charge is -2.16. The standard InChI is InChI=1S/C13H16BrNO2/c1-7(2)10-4-9(14)5-11-12(10)17-6-8(3)13(16)15-11/h4-5,7-8H,6H2,1-3H3,(H,15,16). The van der Waals surface area contributed by atoms with Crippen molar-refractivity contribution >= 4 is 27.5 Å². The van der Waals surface area contributed by atoms with E-state index in [9.17, 15) is 4.79 Å². The maximum atomic E-state index is 11.8. The molecule has 1 aliphatic rings. The molecule has 1 amide bonds. The Kier molecular flexibility index (Phi) is 3.43. The van der Waals surface area contributed by atoms with Crippen molar-refractivity contribution in [2.24, 2.45) is 5.92 Å². The van der Waals surface area contributed by atoms with E-state index in [0.29, 0.717) is 12.5 Å². The Morgan fingerprint density at radius 3 is 2.82 bits per heavy atom. The second-order valence-electron chi connectivity index (χ2n) is 4.73. The van der Waals surface area contributed by atoms with Crippen LogP contribution < -0.4 is 10.1 Å². The van der Waals surface area contributed by atoms with Crippen molar-refractivity contribution in [2.75, 3.05) is 11.9 Å². The van der Waals surface area contributed by atoms with Gasteiger partial charge in [0.2, 0.25) is 5.91 Å². The summed E-state index contributed by atoms with van der Waals surface area (Å²) >= 11 is 3.46. The summed E-state index contributed by atoms with van der Waals surface area (Å²) in [5.41, 5.74) is 1.88. The number of hydrogen-bond donors (Lipinski definition) is 1. The number of carbonyl (C=O) groups is 1. The molecule has 0 spiro atoms. The number of anilines is 1. The molecule has 0 fully saturated rings. The average molecular weight is 298 g/mol. The van der Waals surface area contributed by atoms with Crippen molar-refractivity contribution in [3.05, 3.63) is 22.2 Å². The van der Waals surface area contributed by atoms with E-state index in [1.54, 1.807) is 0 Å². The second kappa shape index (κ2) is 4.69. The zero-order chi connectivity index (χ0) is 12.6. The first-order valence-corrected chi connectivity index (χ1v) is 6.55. The largest absolute Gasteiger partial charge is 0.490 e. The highest BCUT2D eigenvalue weighted by Crippen LogP contribution is 2.38. The zero-order valence-electron chi connectivity index (χ0n) is 10.2. The van der Waals surface area contributed by atoms with Gasteiger partial charge >= 0.3 is 0 Å². The summed E-state index contributed by atoms with van der Waals surface area (Å²) in [6.07, 6.45) is 0. The summed E-state index contributed by atoms with van der Waals surface area (Å²) in [7, 11) is 0. The molecule has 0 saturated carbocycles. The summed E-state index contributed by atoms with van der Waals surface area (Å²) in [5, 5.41) is 2.91. The van der Waals surface area contributed by atoms with E-state index in [-0.39, 0.29) is 11.8 Å². The number of nitrogens with one attached hydrogen (secondary N) is 1. The van der Waals surface area contributed by atoms with E-state index >= 15 is 0 Å². The van der Waals surface area contributed by atoms with Gasteiger partial charge in [-0.2, -0.15) is 0 Å². The molecule has 1 unspecified atom stereocenters. The van der Waals surface area contributed by atoms with E-state index in [1.165, 1.54) is 0 Å². The van der Waals surface area contributed by atoms with E-state index in [1.807, 2.05) is 19.1 Å². The van der Waals surface area contributed by atoms with Gasteiger partial charge < -0.3 is 10.1 Å². The van der Waals surface area contributed by atoms with E-state index in [2.05, 4.69) is 35.1 Å². The third-order valence-corrected chi connectivity index (χ3v) is 3.35. The fourth-order valence-corrected chi connectivity index (χ4v) is 2.31. The Bertz CT molecular complexity index is 457. The first-order chi connectivity index (χ1) is 7.99. The minimum atomic E-state index is -0.124. The molecule has 0 bridgehead atoms. The predicted octanol–water partition coefficient (Wildman–Crippen LogP) is 3.54. The first-order valence-electron chi connectivity index (χ1n) is 5.76. The summed E-state index contributed by atoms with van der Waals surface area (Å²) in [5.74, 6) is 1.05. The van der Waals surface area contributed by atoms with E-state index < -0.39 is 0 Å². The van der Waals surface area contributed by atoms with Crippen molar-refractivity contribution in [3.63, 3.8) is 0 Å². The predicted molar refractivity (Wildman–Crippen MR) is 71.5 cm³/mol. The quantitative estimate of drug-likeness (QED) is 0.861. The van der Waals surface area contributed by atoms with Crippen molar-refractivity contribution in [2.45, 2.75) is 26.7 Å². The topological polar surface area (TPSA) is 38.3 Å². The number of halogens is 1. The van der Waals surface area contributed by atoms with Crippen LogP contribution in [0.15, 0.2) is 16.6 Å². The molecule has 0 saturated heterocycles. The van der Waals surface area contributed by atoms with Gasteiger partial charge in [-0.1, -0.05) is 36.7 Å². The van der Waals surface area contributed by atoms with Crippen LogP contribution in [0.2, 0.25) is 0 Å². The third-order valence-electron chi connectivity index (χ3n) is 2.89. The average Bonchev–Trinajstić information content (AvgIpc) is 2.38. The molecule has 1 aromatic carbocycles. The summed E-state index contributed by atoms with van der Waals surface area (Å²) < 4.78 is 6.73. The molecule has 1 heterocycles. The van der Waals surface area contributed by atoms with Crippen LogP contribution in [0.4, 0.5) is 5.69 Å². The molecule has 92 valence electrons. The number of amides is 1. The SMILES string of the molecule is CC1COc2c(cc(Br)cc2C(C)C)NC1=O. The number of benzene rings is 1. The monoisotopic (exact) mass is 297 g/mol. The van der Waals surface area contributed by atoms with Crippen LogP contribution >= 0.6 is 15.9 Å². The van der Waals surface area contributed by atoms with Gasteiger partial charge in [0.15, 0.2) is 0 Å². The maximum absolute atomic E-state index is 11.8. The third kappa shape index (κ3) is 2.46. The molecule has 2 rings (SSSR count). The fraction of sp³-hybridized carbons (Fsp3) is 0.462. The minimum absolute atomic E-state index is 0.0107. The second-order valence-corrected chi connectivity index (χ2v) is 5.64. The minimum Gasteiger partial charge on any atom is -0.490 e. The number of rotatable bonds is 1. The van der Waals surface area contributed by atoms with Crippen LogP contribution in [0.25, 0.3) is 0 Å². The number of hydrogen-bond acceptors (Lipinski definition) is 2. The van der Waals surface area contributed by atoms with Crippen LogP contribution in [-0.2, 0) is 4.79 Å². The van der Waals surface area contributed by atoms with Gasteiger partial charge in [0.1, 0.15) is 5.75 Å². The highest BCUT2D eigenvalue weighted by atomic mass is 79.9. The van der Waals surface area contributed by atoms with Crippen LogP contribution in [0.1, 0.15) is 32.3 Å². The lowest BCUT2D eigenvalue weighted by atomic mass is 10.0. The molecule has 17 heavy (non-hydrogen) atoms. The van der Waals surface area contributed by atoms with Crippen LogP contribution in [-0.4, -0.2) is 12.5 Å². The van der Waals surface area contributed by atoms with Gasteiger partial charge in [-0.3, -0.25) is 4.79 Å². The van der Waals surface area contributed by atoms with Crippen molar-refractivity contribution in [1.29, 1.82) is 0 Å². The van der Waals surface area contributed by atoms with Gasteiger partial charge in [0.25, 0.3) is 0 Å². The Balaban J connectivity index is 2.51. The number of carbonyl (C=O) groups excluding carboxylic acids is 1. The molecular formula is C13H16BrNO2. The molecule has 4 heteroatoms. The Hall–Kier alpha value is -1.03. The highest BCUT2D eigenvalue weighted by Gasteiger charge is 2.24. The molecule has 1 atom stereocenters. The lowest BCUT2D eigenvalue weighted by Crippen LogP contribution is -2.22. The van der Waals surface area contributed by atoms with Gasteiger partial charge in [-0.15, -0.1) is 0 Å². The summed E-state index contributed by atoms with van der Waals surface area (Å²) in [6, 6.07) is 3.93. The van der Waals surface area contributed by atoms with Crippen molar-refractivity contribution < 1.29 is 9.53 Å². The zero-order valence-corrected chi connectivity index (χ0v) is 11.8. The number of ether oxygens (including phenoxy) is 1. The molecular weight excluding hydrogens is 282 g/mol. The molecule has 1 aliphatic heterocycles. The Morgan fingerprint density at radius 1 is 1.47 bits per heavy atom. The fourth-order valence-electron chi connectivity index (χ4n) is 1.84. The van der Waals surface area contributed by atoms with Crippen molar-refractivity contribution in [3.8, 4) is 5.75 Å². The van der Waals surface area contributed by atoms with Gasteiger partial charge in [0, 0.05) is 4.47 Å². The van der Waals surface area contributed by atoms with Crippen LogP contribution in [0.5, 0.6) is 5.75 Å². The van der Waals surface area contributed by atoms with Crippen LogP contribution in [0, 0.1) is 5.92 Å². The molecule has 0 aliphatic carbocycles. The van der Waals surface area contributed by atoms with Crippen LogP contribution in [0.3, 0.4) is 0 Å². The molecule has 1 aromatic rings. The number of fused-ring (bicyclic) bond motifs is 1. The normalized spacial score (nSPS) is 19.4. The molecule has 0 aromatic heterocycles. The summed E-state index contributed by atoms with van der Waals surface area (Å²) in [6.45, 7) is 6.52. The molecule has 1 N–H and O–H groups in total.